The fraction of sp³-hybridized carbons (Fsp3) is 0.659. The molecule has 55 heavy (non-hydrogen) atoms. The molecule has 1 aliphatic carbocycles. The number of ether oxygens (including phenoxy) is 4. The van der Waals surface area contributed by atoms with E-state index in [1.165, 1.54) is 0 Å². The summed E-state index contributed by atoms with van der Waals surface area (Å²) in [4.78, 5) is 26.0. The van der Waals surface area contributed by atoms with Crippen molar-refractivity contribution in [2.45, 2.75) is 75.4 Å². The number of anilines is 1. The van der Waals surface area contributed by atoms with Crippen LogP contribution in [-0.4, -0.2) is 126 Å². The molecule has 12 nitrogen and oxygen atoms in total. The van der Waals surface area contributed by atoms with Gasteiger partial charge in [0.15, 0.2) is 11.6 Å². The number of pyridine rings is 1. The van der Waals surface area contributed by atoms with Crippen molar-refractivity contribution in [3.05, 3.63) is 64.3 Å². The van der Waals surface area contributed by atoms with Crippen molar-refractivity contribution < 1.29 is 32.2 Å². The summed E-state index contributed by atoms with van der Waals surface area (Å²) in [5, 5.41) is -0.160. The van der Waals surface area contributed by atoms with E-state index in [1.807, 2.05) is 32.2 Å². The minimum atomic E-state index is -4.11. The summed E-state index contributed by atoms with van der Waals surface area (Å²) in [6.45, 7) is 10.2. The Hall–Kier alpha value is -2.78. The number of hydrogen-bond acceptors (Lipinski definition) is 11. The van der Waals surface area contributed by atoms with E-state index in [4.69, 9.17) is 35.5 Å². The molecule has 5 atom stereocenters. The van der Waals surface area contributed by atoms with E-state index >= 15 is 0 Å². The number of carbonyl (C=O) groups is 1. The lowest BCUT2D eigenvalue weighted by atomic mass is 9.63. The molecule has 5 heterocycles. The number of carbonyl (C=O) groups excluding carboxylic acids is 1. The maximum Gasteiger partial charge on any atom is 0.283 e. The number of allylic oxidation sites excluding steroid dienone is 1. The van der Waals surface area contributed by atoms with Crippen LogP contribution in [0.15, 0.2) is 42.5 Å². The third-order valence-electron chi connectivity index (χ3n) is 12.7. The second-order valence-corrected chi connectivity index (χ2v) is 18.5. The third-order valence-corrected chi connectivity index (χ3v) is 14.9. The van der Waals surface area contributed by atoms with E-state index < -0.39 is 26.8 Å². The summed E-state index contributed by atoms with van der Waals surface area (Å²) >= 11 is 6.41. The molecule has 7 rings (SSSR count). The lowest BCUT2D eigenvalue weighted by molar-refractivity contribution is -0.107. The Morgan fingerprint density at radius 2 is 1.85 bits per heavy atom. The van der Waals surface area contributed by atoms with Gasteiger partial charge < -0.3 is 23.8 Å². The molecule has 1 amide bonds. The van der Waals surface area contributed by atoms with E-state index in [0.29, 0.717) is 54.7 Å². The van der Waals surface area contributed by atoms with Crippen molar-refractivity contribution in [2.24, 2.45) is 17.8 Å². The summed E-state index contributed by atoms with van der Waals surface area (Å²) in [5.41, 5.74) is 1.69. The molecule has 14 heteroatoms. The fourth-order valence-electron chi connectivity index (χ4n) is 9.16. The zero-order valence-corrected chi connectivity index (χ0v) is 34.2. The van der Waals surface area contributed by atoms with Crippen LogP contribution >= 0.6 is 11.6 Å². The van der Waals surface area contributed by atoms with Gasteiger partial charge in [-0.05, 0) is 98.1 Å². The van der Waals surface area contributed by atoms with Crippen molar-refractivity contribution in [3.63, 3.8) is 0 Å². The summed E-state index contributed by atoms with van der Waals surface area (Å²) in [7, 11) is -0.717. The highest BCUT2D eigenvalue weighted by Gasteiger charge is 2.48. The minimum Gasteiger partial charge on any atom is -0.485 e. The van der Waals surface area contributed by atoms with Gasteiger partial charge in [0.2, 0.25) is 10.0 Å². The van der Waals surface area contributed by atoms with Crippen molar-refractivity contribution in [2.75, 3.05) is 84.8 Å². The average molecular weight is 800 g/mol. The van der Waals surface area contributed by atoms with Gasteiger partial charge in [0.25, 0.3) is 5.91 Å². The second-order valence-electron chi connectivity index (χ2n) is 16.1. The quantitative estimate of drug-likeness (QED) is 0.384. The van der Waals surface area contributed by atoms with E-state index in [0.717, 1.165) is 89.2 Å². The van der Waals surface area contributed by atoms with Gasteiger partial charge in [0, 0.05) is 71.7 Å². The molecule has 2 bridgehead atoms. The Bertz CT molecular complexity index is 1790. The molecule has 302 valence electrons. The summed E-state index contributed by atoms with van der Waals surface area (Å²) in [5.74, 6) is 0.582. The van der Waals surface area contributed by atoms with Gasteiger partial charge in [-0.3, -0.25) is 14.6 Å². The first-order valence-electron chi connectivity index (χ1n) is 20.1. The van der Waals surface area contributed by atoms with Crippen LogP contribution in [0, 0.1) is 17.8 Å². The number of aryl methyl sites for hydroxylation is 1. The number of amides is 1. The lowest BCUT2D eigenvalue weighted by Crippen LogP contribution is -2.61. The minimum absolute atomic E-state index is 0.0344. The van der Waals surface area contributed by atoms with Gasteiger partial charge in [-0.15, -0.1) is 0 Å². The van der Waals surface area contributed by atoms with Gasteiger partial charge in [-0.2, -0.15) is 0 Å². The van der Waals surface area contributed by atoms with Crippen molar-refractivity contribution >= 4 is 33.3 Å². The van der Waals surface area contributed by atoms with Crippen LogP contribution < -0.4 is 14.4 Å². The molecule has 2 aromatic rings. The van der Waals surface area contributed by atoms with Gasteiger partial charge in [-0.1, -0.05) is 36.7 Å². The predicted octanol–water partition coefficient (Wildman–Crippen LogP) is 4.95. The summed E-state index contributed by atoms with van der Waals surface area (Å²) < 4.78 is 54.4. The predicted molar refractivity (Wildman–Crippen MR) is 213 cm³/mol. The Kier molecular flexibility index (Phi) is 13.1. The van der Waals surface area contributed by atoms with Crippen LogP contribution in [0.25, 0.3) is 0 Å². The number of nitrogens with one attached hydrogen (secondary N) is 1. The molecule has 3 fully saturated rings. The van der Waals surface area contributed by atoms with Crippen LogP contribution in [0.1, 0.15) is 67.1 Å². The average Bonchev–Trinajstić information content (AvgIpc) is 3.16. The molecular formula is C41H58ClN5O7S. The fourth-order valence-corrected chi connectivity index (χ4v) is 11.0. The topological polar surface area (TPSA) is 123 Å². The number of nitrogens with zero attached hydrogens (tertiary/aromatic N) is 4. The SMILES string of the molecule is COCC[C@@H]1C(C)C/C=C/[C@](CN2CCN(C3COC3)CC2)(OC)[C@@H]2CC[C@H]2CN2CCCCc3cc(Cl)ccc3COc3ccc(nc32)C(=O)NS1(=O)=O. The van der Waals surface area contributed by atoms with E-state index in [1.54, 1.807) is 19.2 Å². The van der Waals surface area contributed by atoms with Crippen molar-refractivity contribution in [1.82, 2.24) is 19.5 Å². The standard InChI is InChI=1S/C41H58ClN5O7S/c1-29-7-6-16-41(52-3,28-45-18-20-46(21-19-45)34-26-53-27-34)35-12-10-31(35)24-47-17-5-4-8-30-23-33(42)11-9-32(30)25-54-37-14-13-36(43-39(37)47)40(48)44-55(49,50)38(29)15-22-51-2/h6,9,11,13-14,16,23,29,31,34-35,38H,4-5,7-8,10,12,15,17-22,24-28H2,1-3H3,(H,44,48)/b16-6+/t29?,31-,35+,38+,41+/m0/s1. The number of halogens is 1. The third kappa shape index (κ3) is 9.19. The molecule has 1 unspecified atom stereocenters. The van der Waals surface area contributed by atoms with Crippen LogP contribution in [-0.2, 0) is 37.3 Å². The van der Waals surface area contributed by atoms with Crippen LogP contribution in [0.4, 0.5) is 5.82 Å². The molecular weight excluding hydrogens is 742 g/mol. The van der Waals surface area contributed by atoms with E-state index in [2.05, 4.69) is 31.6 Å². The number of hydrogen-bond donors (Lipinski definition) is 1. The van der Waals surface area contributed by atoms with Gasteiger partial charge in [0.05, 0.1) is 24.5 Å². The molecule has 1 saturated carbocycles. The molecule has 4 aliphatic heterocycles. The number of fused-ring (bicyclic) bond motifs is 3. The number of piperazine rings is 1. The Labute approximate surface area is 331 Å². The normalized spacial score (nSPS) is 30.3. The zero-order valence-electron chi connectivity index (χ0n) is 32.6. The number of methoxy groups -OCH3 is 2. The lowest BCUT2D eigenvalue weighted by Gasteiger charge is -2.52. The Morgan fingerprint density at radius 3 is 2.56 bits per heavy atom. The maximum atomic E-state index is 14.0. The molecule has 1 aromatic carbocycles. The first kappa shape index (κ1) is 40.4. The van der Waals surface area contributed by atoms with Crippen LogP contribution in [0.2, 0.25) is 5.02 Å². The number of sulfonamides is 1. The highest BCUT2D eigenvalue weighted by atomic mass is 35.5. The monoisotopic (exact) mass is 799 g/mol. The van der Waals surface area contributed by atoms with Crippen LogP contribution in [0.5, 0.6) is 5.75 Å². The molecule has 1 N–H and O–H groups in total. The first-order valence-corrected chi connectivity index (χ1v) is 22.0. The first-order chi connectivity index (χ1) is 26.6. The largest absolute Gasteiger partial charge is 0.485 e. The molecule has 2 saturated heterocycles. The summed E-state index contributed by atoms with van der Waals surface area (Å²) in [6.07, 6.45) is 9.88. The molecule has 0 radical (unpaired) electrons. The molecule has 1 aromatic heterocycles. The van der Waals surface area contributed by atoms with E-state index in [9.17, 15) is 13.2 Å². The van der Waals surface area contributed by atoms with Crippen molar-refractivity contribution in [3.8, 4) is 5.75 Å². The summed E-state index contributed by atoms with van der Waals surface area (Å²) in [6, 6.07) is 9.76. The molecule has 0 spiro atoms. The van der Waals surface area contributed by atoms with Gasteiger partial charge in [0.1, 0.15) is 17.9 Å². The highest BCUT2D eigenvalue weighted by molar-refractivity contribution is 7.90. The Balaban J connectivity index is 1.25. The van der Waals surface area contributed by atoms with Gasteiger partial charge in [-0.25, -0.2) is 18.1 Å². The van der Waals surface area contributed by atoms with E-state index in [-0.39, 0.29) is 30.6 Å². The van der Waals surface area contributed by atoms with Crippen molar-refractivity contribution in [1.29, 1.82) is 0 Å². The number of rotatable bonds is 7. The zero-order chi connectivity index (χ0) is 38.6. The van der Waals surface area contributed by atoms with Crippen LogP contribution in [0.3, 0.4) is 0 Å². The molecule has 5 aliphatic rings. The maximum absolute atomic E-state index is 14.0. The number of aromatic nitrogens is 1. The van der Waals surface area contributed by atoms with Gasteiger partial charge >= 0.3 is 0 Å². The smallest absolute Gasteiger partial charge is 0.283 e. The Morgan fingerprint density at radius 1 is 1.04 bits per heavy atom. The highest BCUT2D eigenvalue weighted by Crippen LogP contribution is 2.46. The number of benzene rings is 1. The second kappa shape index (κ2) is 17.8.